The number of nitrogens with zero attached hydrogens (tertiary/aromatic N) is 2. The molecular weight excluding hydrogens is 354 g/mol. The molecule has 1 aliphatic rings. The molecule has 1 amide bonds. The topological polar surface area (TPSA) is 35.6 Å². The number of thioether (sulfide) groups is 1. The maximum atomic E-state index is 11.9. The van der Waals surface area contributed by atoms with Gasteiger partial charge >= 0.3 is 0 Å². The Kier molecular flexibility index (Phi) is 7.75. The van der Waals surface area contributed by atoms with Crippen molar-refractivity contribution in [3.63, 3.8) is 0 Å². The summed E-state index contributed by atoms with van der Waals surface area (Å²) in [4.78, 5) is 17.0. The Balaban J connectivity index is 1.27. The number of para-hydroxylation sites is 1. The first kappa shape index (κ1) is 19.9. The minimum atomic E-state index is 0.0316. The van der Waals surface area contributed by atoms with E-state index in [0.29, 0.717) is 0 Å². The van der Waals surface area contributed by atoms with Crippen LogP contribution in [0.4, 0.5) is 10.5 Å². The van der Waals surface area contributed by atoms with E-state index in [1.165, 1.54) is 22.9 Å². The summed E-state index contributed by atoms with van der Waals surface area (Å²) in [6.45, 7) is 8.73. The van der Waals surface area contributed by atoms with Gasteiger partial charge in [0.15, 0.2) is 0 Å². The molecule has 0 aliphatic carbocycles. The monoisotopic (exact) mass is 383 g/mol. The van der Waals surface area contributed by atoms with Crippen molar-refractivity contribution in [3.8, 4) is 0 Å². The van der Waals surface area contributed by atoms with E-state index in [0.717, 1.165) is 57.1 Å². The van der Waals surface area contributed by atoms with Gasteiger partial charge in [0.05, 0.1) is 0 Å². The number of hydrogen-bond acceptors (Lipinski definition) is 4. The van der Waals surface area contributed by atoms with Gasteiger partial charge in [0.2, 0.25) is 0 Å². The summed E-state index contributed by atoms with van der Waals surface area (Å²) in [5.41, 5.74) is 3.58. The summed E-state index contributed by atoms with van der Waals surface area (Å²) >= 11 is 1.38. The van der Waals surface area contributed by atoms with E-state index in [9.17, 15) is 4.79 Å². The van der Waals surface area contributed by atoms with E-state index in [4.69, 9.17) is 0 Å². The van der Waals surface area contributed by atoms with Gasteiger partial charge < -0.3 is 10.2 Å². The zero-order valence-corrected chi connectivity index (χ0v) is 16.9. The number of amides is 1. The molecule has 0 bridgehead atoms. The number of piperazine rings is 1. The number of carbonyl (C=O) groups excluding carboxylic acids is 1. The second-order valence-electron chi connectivity index (χ2n) is 7.08. The zero-order valence-electron chi connectivity index (χ0n) is 16.1. The molecule has 2 aromatic carbocycles. The lowest BCUT2D eigenvalue weighted by atomic mass is 10.1. The largest absolute Gasteiger partial charge is 0.317 e. The first-order valence-electron chi connectivity index (χ1n) is 9.68. The van der Waals surface area contributed by atoms with E-state index >= 15 is 0 Å². The van der Waals surface area contributed by atoms with E-state index in [-0.39, 0.29) is 5.24 Å². The van der Waals surface area contributed by atoms with Gasteiger partial charge in [-0.25, -0.2) is 0 Å². The quantitative estimate of drug-likeness (QED) is 0.716. The molecule has 3 rings (SSSR count). The highest BCUT2D eigenvalue weighted by molar-refractivity contribution is 8.13. The van der Waals surface area contributed by atoms with E-state index < -0.39 is 0 Å². The van der Waals surface area contributed by atoms with Crippen LogP contribution in [0.5, 0.6) is 0 Å². The second kappa shape index (κ2) is 10.5. The summed E-state index contributed by atoms with van der Waals surface area (Å²) in [6, 6.07) is 18.5. The van der Waals surface area contributed by atoms with Gasteiger partial charge in [-0.05, 0) is 37.6 Å². The maximum absolute atomic E-state index is 11.9. The molecule has 0 radical (unpaired) electrons. The van der Waals surface area contributed by atoms with Crippen molar-refractivity contribution in [1.29, 1.82) is 0 Å². The van der Waals surface area contributed by atoms with Gasteiger partial charge in [-0.2, -0.15) is 0 Å². The van der Waals surface area contributed by atoms with Gasteiger partial charge in [-0.1, -0.05) is 59.8 Å². The summed E-state index contributed by atoms with van der Waals surface area (Å²) in [5.74, 6) is 0.863. The minimum Gasteiger partial charge on any atom is -0.317 e. The van der Waals surface area contributed by atoms with Gasteiger partial charge in [-0.15, -0.1) is 0 Å². The van der Waals surface area contributed by atoms with Crippen LogP contribution in [0.2, 0.25) is 0 Å². The number of hydrogen-bond donors (Lipinski definition) is 1. The summed E-state index contributed by atoms with van der Waals surface area (Å²) in [5, 5.41) is 2.95. The first-order valence-corrected chi connectivity index (χ1v) is 10.7. The Morgan fingerprint density at radius 2 is 1.63 bits per heavy atom. The van der Waals surface area contributed by atoms with E-state index in [1.54, 1.807) is 0 Å². The Hall–Kier alpha value is -1.82. The van der Waals surface area contributed by atoms with Crippen molar-refractivity contribution in [1.82, 2.24) is 9.80 Å². The minimum absolute atomic E-state index is 0.0316. The summed E-state index contributed by atoms with van der Waals surface area (Å²) in [6.07, 6.45) is 1.05. The third-order valence-electron chi connectivity index (χ3n) is 4.86. The van der Waals surface area contributed by atoms with Crippen molar-refractivity contribution in [3.05, 3.63) is 65.7 Å². The predicted octanol–water partition coefficient (Wildman–Crippen LogP) is 4.47. The molecule has 1 heterocycles. The molecule has 5 heteroatoms. The highest BCUT2D eigenvalue weighted by Crippen LogP contribution is 2.13. The summed E-state index contributed by atoms with van der Waals surface area (Å²) < 4.78 is 0. The molecule has 0 saturated carbocycles. The second-order valence-corrected chi connectivity index (χ2v) is 8.15. The molecule has 1 fully saturated rings. The van der Waals surface area contributed by atoms with Crippen LogP contribution in [0.25, 0.3) is 0 Å². The highest BCUT2D eigenvalue weighted by atomic mass is 32.2. The molecule has 27 heavy (non-hydrogen) atoms. The Morgan fingerprint density at radius 1 is 0.963 bits per heavy atom. The summed E-state index contributed by atoms with van der Waals surface area (Å²) in [7, 11) is 0. The SMILES string of the molecule is Cc1ccc(CN2CCN(CCCSC(=O)Nc3ccccc3)CC2)cc1. The predicted molar refractivity (Wildman–Crippen MR) is 115 cm³/mol. The molecule has 0 spiro atoms. The van der Waals surface area contributed by atoms with Crippen LogP contribution in [-0.4, -0.2) is 53.5 Å². The lowest BCUT2D eigenvalue weighted by Gasteiger charge is -2.34. The Morgan fingerprint density at radius 3 is 2.33 bits per heavy atom. The molecule has 0 atom stereocenters. The lowest BCUT2D eigenvalue weighted by Crippen LogP contribution is -2.46. The third-order valence-corrected chi connectivity index (χ3v) is 5.72. The number of carbonyl (C=O) groups is 1. The Labute approximate surface area is 166 Å². The van der Waals surface area contributed by atoms with Crippen molar-refractivity contribution < 1.29 is 4.79 Å². The fourth-order valence-corrected chi connectivity index (χ4v) is 3.90. The van der Waals surface area contributed by atoms with Gasteiger partial charge in [0.1, 0.15) is 0 Å². The maximum Gasteiger partial charge on any atom is 0.283 e. The van der Waals surface area contributed by atoms with Crippen molar-refractivity contribution >= 4 is 22.7 Å². The molecular formula is C22H29N3OS. The molecule has 1 N–H and O–H groups in total. The van der Waals surface area contributed by atoms with Gasteiger partial charge in [0, 0.05) is 44.2 Å². The van der Waals surface area contributed by atoms with Crippen LogP contribution < -0.4 is 5.32 Å². The molecule has 144 valence electrons. The standard InChI is InChI=1S/C22H29N3OS/c1-19-8-10-20(11-9-19)18-25-15-13-24(14-16-25)12-5-17-27-22(26)23-21-6-3-2-4-7-21/h2-4,6-11H,5,12-18H2,1H3,(H,23,26). The first-order chi connectivity index (χ1) is 13.2. The normalized spacial score (nSPS) is 15.6. The van der Waals surface area contributed by atoms with E-state index in [2.05, 4.69) is 46.3 Å². The third kappa shape index (κ3) is 7.01. The van der Waals surface area contributed by atoms with Gasteiger partial charge in [-0.3, -0.25) is 9.69 Å². The van der Waals surface area contributed by atoms with Crippen molar-refractivity contribution in [2.45, 2.75) is 19.9 Å². The fourth-order valence-electron chi connectivity index (χ4n) is 3.25. The smallest absolute Gasteiger partial charge is 0.283 e. The van der Waals surface area contributed by atoms with Crippen molar-refractivity contribution in [2.24, 2.45) is 0 Å². The fraction of sp³-hybridized carbons (Fsp3) is 0.409. The molecule has 1 saturated heterocycles. The van der Waals surface area contributed by atoms with Crippen LogP contribution >= 0.6 is 11.8 Å². The average Bonchev–Trinajstić information content (AvgIpc) is 2.69. The molecule has 0 aromatic heterocycles. The van der Waals surface area contributed by atoms with Crippen LogP contribution in [0.15, 0.2) is 54.6 Å². The number of nitrogens with one attached hydrogen (secondary N) is 1. The molecule has 2 aromatic rings. The number of anilines is 1. The number of aryl methyl sites for hydroxylation is 1. The highest BCUT2D eigenvalue weighted by Gasteiger charge is 2.16. The van der Waals surface area contributed by atoms with Crippen LogP contribution in [0, 0.1) is 6.92 Å². The van der Waals surface area contributed by atoms with Crippen molar-refractivity contribution in [2.75, 3.05) is 43.8 Å². The molecule has 1 aliphatic heterocycles. The number of benzene rings is 2. The van der Waals surface area contributed by atoms with Crippen LogP contribution in [0.3, 0.4) is 0 Å². The molecule has 0 unspecified atom stereocenters. The van der Waals surface area contributed by atoms with E-state index in [1.807, 2.05) is 30.3 Å². The van der Waals surface area contributed by atoms with Gasteiger partial charge in [0.25, 0.3) is 5.24 Å². The number of rotatable bonds is 7. The van der Waals surface area contributed by atoms with Crippen LogP contribution in [0.1, 0.15) is 17.5 Å². The zero-order chi connectivity index (χ0) is 18.9. The Bertz CT molecular complexity index is 697. The molecule has 4 nitrogen and oxygen atoms in total. The lowest BCUT2D eigenvalue weighted by molar-refractivity contribution is 0.127. The average molecular weight is 384 g/mol. The van der Waals surface area contributed by atoms with Crippen LogP contribution in [-0.2, 0) is 6.54 Å².